The number of amides is 1. The number of piperidine rings is 1. The molecular weight excluding hydrogens is 504 g/mol. The molecule has 2 bridgehead atoms. The number of fused-ring (bicyclic) bond motifs is 2. The van der Waals surface area contributed by atoms with Crippen LogP contribution in [0.15, 0.2) is 35.4 Å². The molecule has 37 heavy (non-hydrogen) atoms. The van der Waals surface area contributed by atoms with Gasteiger partial charge < -0.3 is 24.4 Å². The average molecular weight is 530 g/mol. The number of hydrogen-bond donors (Lipinski definition) is 1. The Bertz CT molecular complexity index is 1290. The summed E-state index contributed by atoms with van der Waals surface area (Å²) in [7, 11) is 0. The van der Waals surface area contributed by atoms with Gasteiger partial charge in [-0.2, -0.15) is 9.37 Å². The molecule has 194 valence electrons. The van der Waals surface area contributed by atoms with Crippen LogP contribution >= 0.6 is 11.3 Å². The minimum Gasteiger partial charge on any atom is -0.471 e. The van der Waals surface area contributed by atoms with Gasteiger partial charge in [0.1, 0.15) is 23.8 Å². The Morgan fingerprint density at radius 1 is 1.19 bits per heavy atom. The van der Waals surface area contributed by atoms with Crippen molar-refractivity contribution < 1.29 is 27.8 Å². The van der Waals surface area contributed by atoms with Crippen molar-refractivity contribution in [2.24, 2.45) is 11.8 Å². The summed E-state index contributed by atoms with van der Waals surface area (Å²) in [6.45, 7) is 3.43. The number of likely N-dealkylation sites (tertiary alicyclic amines) is 1. The van der Waals surface area contributed by atoms with E-state index in [1.807, 2.05) is 12.3 Å². The second-order valence-corrected chi connectivity index (χ2v) is 10.6. The van der Waals surface area contributed by atoms with Crippen LogP contribution in [0.4, 0.5) is 25.1 Å². The largest absolute Gasteiger partial charge is 0.471 e. The number of thiazole rings is 1. The lowest BCUT2D eigenvalue weighted by atomic mass is 9.84. The number of aromatic nitrogens is 3. The van der Waals surface area contributed by atoms with Crippen LogP contribution in [-0.4, -0.2) is 64.0 Å². The zero-order valence-corrected chi connectivity index (χ0v) is 20.8. The van der Waals surface area contributed by atoms with E-state index in [9.17, 15) is 9.18 Å². The Balaban J connectivity index is 1.16. The summed E-state index contributed by atoms with van der Waals surface area (Å²) in [5.41, 5.74) is 2.65. The topological polar surface area (TPSA) is 98.7 Å². The number of hydrogen-bond acceptors (Lipinski definition) is 9. The molecule has 2 aromatic heterocycles. The van der Waals surface area contributed by atoms with Crippen LogP contribution in [0.3, 0.4) is 0 Å². The molecule has 2 aliphatic heterocycles. The second-order valence-electron chi connectivity index (χ2n) is 9.90. The zero-order valence-electron chi connectivity index (χ0n) is 20.0. The second kappa shape index (κ2) is 9.49. The Morgan fingerprint density at radius 2 is 1.97 bits per heavy atom. The number of nitrogens with zero attached hydrogens (tertiary/aromatic N) is 4. The van der Waals surface area contributed by atoms with Crippen molar-refractivity contribution in [3.63, 3.8) is 0 Å². The molecule has 4 heterocycles. The van der Waals surface area contributed by atoms with Crippen LogP contribution in [0.2, 0.25) is 0 Å². The summed E-state index contributed by atoms with van der Waals surface area (Å²) < 4.78 is 47.5. The number of ether oxygens (including phenoxy) is 3. The third kappa shape index (κ3) is 4.95. The highest BCUT2D eigenvalue weighted by molar-refractivity contribution is 7.07. The van der Waals surface area contributed by atoms with Gasteiger partial charge in [0.2, 0.25) is 5.82 Å². The summed E-state index contributed by atoms with van der Waals surface area (Å²) in [5, 5.41) is 4.51. The van der Waals surface area contributed by atoms with Crippen molar-refractivity contribution in [3.8, 4) is 17.1 Å². The quantitative estimate of drug-likeness (QED) is 0.493. The van der Waals surface area contributed by atoms with E-state index in [1.54, 1.807) is 16.5 Å². The highest BCUT2D eigenvalue weighted by Crippen LogP contribution is 2.40. The van der Waals surface area contributed by atoms with E-state index >= 15 is 4.39 Å². The maximum atomic E-state index is 15.4. The van der Waals surface area contributed by atoms with E-state index in [4.69, 9.17) is 14.2 Å². The molecule has 2 unspecified atom stereocenters. The van der Waals surface area contributed by atoms with Crippen molar-refractivity contribution >= 4 is 28.9 Å². The molecule has 1 aliphatic carbocycles. The SMILES string of the molecule is CC1(OC(=O)N2CC3COCC(C2)C3Oc2ncnc(Nc3ccc(-c4cscn4)cc3F)c2F)CC1. The third-order valence-electron chi connectivity index (χ3n) is 7.00. The molecule has 3 aliphatic rings. The van der Waals surface area contributed by atoms with E-state index < -0.39 is 17.7 Å². The summed E-state index contributed by atoms with van der Waals surface area (Å²) in [6, 6.07) is 4.53. The van der Waals surface area contributed by atoms with Crippen LogP contribution in [0.5, 0.6) is 5.88 Å². The average Bonchev–Trinajstić information content (AvgIpc) is 3.35. The van der Waals surface area contributed by atoms with Crippen molar-refractivity contribution in [1.29, 1.82) is 0 Å². The van der Waals surface area contributed by atoms with Gasteiger partial charge in [-0.3, -0.25) is 0 Å². The monoisotopic (exact) mass is 529 g/mol. The van der Waals surface area contributed by atoms with Gasteiger partial charge in [-0.1, -0.05) is 6.07 Å². The summed E-state index contributed by atoms with van der Waals surface area (Å²) in [4.78, 5) is 26.4. The highest BCUT2D eigenvalue weighted by Gasteiger charge is 2.47. The summed E-state index contributed by atoms with van der Waals surface area (Å²) in [5.74, 6) is -2.18. The number of nitrogens with one attached hydrogen (secondary N) is 1. The molecule has 12 heteroatoms. The van der Waals surface area contributed by atoms with Gasteiger partial charge >= 0.3 is 6.09 Å². The molecule has 3 aromatic rings. The van der Waals surface area contributed by atoms with E-state index in [1.165, 1.54) is 23.5 Å². The maximum Gasteiger partial charge on any atom is 0.410 e. The van der Waals surface area contributed by atoms with Crippen LogP contribution in [0.1, 0.15) is 19.8 Å². The number of rotatable bonds is 6. The molecule has 1 N–H and O–H groups in total. The predicted molar refractivity (Wildman–Crippen MR) is 131 cm³/mol. The molecular formula is C25H25F2N5O4S. The van der Waals surface area contributed by atoms with E-state index in [2.05, 4.69) is 20.3 Å². The van der Waals surface area contributed by atoms with Gasteiger partial charge in [-0.15, -0.1) is 11.3 Å². The number of benzene rings is 1. The van der Waals surface area contributed by atoms with Crippen LogP contribution in [0.25, 0.3) is 11.3 Å². The molecule has 2 saturated heterocycles. The fourth-order valence-electron chi connectivity index (χ4n) is 4.70. The lowest BCUT2D eigenvalue weighted by Gasteiger charge is -2.46. The lowest BCUT2D eigenvalue weighted by molar-refractivity contribution is -0.112. The first-order valence-electron chi connectivity index (χ1n) is 12.1. The molecule has 0 spiro atoms. The standard InChI is InChI=1S/C25H25F2N5O4S/c1-25(4-5-25)36-24(33)32-7-15-9-34-10-16(8-32)21(15)35-23-20(27)22(28-12-29-23)31-18-3-2-14(6-17(18)26)19-11-37-13-30-19/h2-3,6,11-13,15-16,21H,4-5,7-10H2,1H3,(H,28,29,31). The van der Waals surface area contributed by atoms with E-state index in [0.717, 1.165) is 19.2 Å². The minimum absolute atomic E-state index is 0.0592. The Labute approximate surface area is 215 Å². The molecule has 1 amide bonds. The third-order valence-corrected chi connectivity index (χ3v) is 7.59. The number of carbonyl (C=O) groups is 1. The van der Waals surface area contributed by atoms with E-state index in [-0.39, 0.29) is 40.9 Å². The van der Waals surface area contributed by atoms with Crippen LogP contribution < -0.4 is 10.1 Å². The van der Waals surface area contributed by atoms with Gasteiger partial charge in [0.25, 0.3) is 5.88 Å². The molecule has 2 atom stereocenters. The Kier molecular flexibility index (Phi) is 6.15. The van der Waals surface area contributed by atoms with Crippen molar-refractivity contribution in [2.45, 2.75) is 31.5 Å². The molecule has 9 nitrogen and oxygen atoms in total. The lowest BCUT2D eigenvalue weighted by Crippen LogP contribution is -2.59. The normalized spacial score (nSPS) is 23.9. The zero-order chi connectivity index (χ0) is 25.6. The van der Waals surface area contributed by atoms with Gasteiger partial charge in [0, 0.05) is 35.9 Å². The first kappa shape index (κ1) is 24.0. The Hall–Kier alpha value is -3.38. The fourth-order valence-corrected chi connectivity index (χ4v) is 5.27. The van der Waals surface area contributed by atoms with E-state index in [0.29, 0.717) is 37.6 Å². The number of anilines is 2. The molecule has 1 saturated carbocycles. The smallest absolute Gasteiger partial charge is 0.410 e. The van der Waals surface area contributed by atoms with Crippen molar-refractivity contribution in [1.82, 2.24) is 19.9 Å². The minimum atomic E-state index is -0.826. The van der Waals surface area contributed by atoms with Gasteiger partial charge in [0.15, 0.2) is 5.82 Å². The molecule has 0 radical (unpaired) electrons. The van der Waals surface area contributed by atoms with Gasteiger partial charge in [-0.25, -0.2) is 19.2 Å². The van der Waals surface area contributed by atoms with Crippen LogP contribution in [-0.2, 0) is 9.47 Å². The van der Waals surface area contributed by atoms with Crippen LogP contribution in [0, 0.1) is 23.5 Å². The molecule has 3 fully saturated rings. The highest BCUT2D eigenvalue weighted by atomic mass is 32.1. The predicted octanol–water partition coefficient (Wildman–Crippen LogP) is 4.64. The first-order chi connectivity index (χ1) is 17.9. The molecule has 6 rings (SSSR count). The number of carbonyl (C=O) groups excluding carboxylic acids is 1. The Morgan fingerprint density at radius 3 is 2.65 bits per heavy atom. The van der Waals surface area contributed by atoms with Gasteiger partial charge in [0.05, 0.1) is 30.1 Å². The first-order valence-corrected chi connectivity index (χ1v) is 13.0. The maximum absolute atomic E-state index is 15.4. The fraction of sp³-hybridized carbons (Fsp3) is 0.440. The summed E-state index contributed by atoms with van der Waals surface area (Å²) >= 11 is 1.41. The molecule has 1 aromatic carbocycles. The van der Waals surface area contributed by atoms with Crippen molar-refractivity contribution in [3.05, 3.63) is 47.1 Å². The number of halogens is 2. The summed E-state index contributed by atoms with van der Waals surface area (Å²) in [6.07, 6.45) is 2.17. The van der Waals surface area contributed by atoms with Gasteiger partial charge in [-0.05, 0) is 31.9 Å². The van der Waals surface area contributed by atoms with Crippen molar-refractivity contribution in [2.75, 3.05) is 31.6 Å².